The lowest BCUT2D eigenvalue weighted by molar-refractivity contribution is -0.120. The van der Waals surface area contributed by atoms with Gasteiger partial charge in [0.25, 0.3) is 0 Å². The highest BCUT2D eigenvalue weighted by Crippen LogP contribution is 2.43. The first-order valence-electron chi connectivity index (χ1n) is 36.3. The van der Waals surface area contributed by atoms with E-state index in [1.165, 1.54) is 174 Å². The van der Waals surface area contributed by atoms with Crippen LogP contribution in [-0.2, 0) is 19.0 Å². The minimum Gasteiger partial charge on any atom is -0.478 e. The molecular formula is C82H93BrCl3N5O12. The summed E-state index contributed by atoms with van der Waals surface area (Å²) in [6.07, 6.45) is 41.5. The van der Waals surface area contributed by atoms with E-state index in [9.17, 15) is 28.8 Å². The second-order valence-corrected chi connectivity index (χ2v) is 30.5. The molecule has 5 aromatic carbocycles. The topological polar surface area (TPSA) is 270 Å². The number of Topliss-reactive ketones (excluding diaryl/α,β-unsaturated/α-hetero) is 1. The lowest BCUT2D eigenvalue weighted by atomic mass is 9.84. The molecule has 1 unspecified atom stereocenters. The van der Waals surface area contributed by atoms with Crippen molar-refractivity contribution in [3.8, 4) is 0 Å². The van der Waals surface area contributed by atoms with Crippen LogP contribution in [0.4, 0.5) is 0 Å². The highest BCUT2D eigenvalue weighted by Gasteiger charge is 2.36. The maximum atomic E-state index is 11.6. The number of carbonyl (C=O) groups is 6. The maximum Gasteiger partial charge on any atom is 0.337 e. The van der Waals surface area contributed by atoms with Crippen LogP contribution in [0.2, 0.25) is 0 Å². The van der Waals surface area contributed by atoms with Crippen molar-refractivity contribution in [2.75, 3.05) is 20.8 Å². The molecule has 6 heterocycles. The minimum absolute atomic E-state index is 0.192. The number of ketones is 1. The van der Waals surface area contributed by atoms with E-state index in [0.717, 1.165) is 101 Å². The number of ether oxygens (including phenoxy) is 3. The van der Waals surface area contributed by atoms with Gasteiger partial charge in [-0.2, -0.15) is 0 Å². The van der Waals surface area contributed by atoms with Crippen molar-refractivity contribution in [2.24, 2.45) is 0 Å². The fraction of sp³-hybridized carbons (Fsp3) is 0.415. The molecular weight excluding hydrogens is 1430 g/mol. The van der Waals surface area contributed by atoms with E-state index >= 15 is 0 Å². The molecule has 103 heavy (non-hydrogen) atoms. The number of aromatic amines is 5. The van der Waals surface area contributed by atoms with Crippen molar-refractivity contribution in [1.29, 1.82) is 0 Å². The Kier molecular flexibility index (Phi) is 28.2. The Balaban J connectivity index is 0.000000132. The Bertz CT molecular complexity index is 4560. The van der Waals surface area contributed by atoms with Crippen molar-refractivity contribution < 1.29 is 58.3 Å². The number of rotatable bonds is 9. The predicted octanol–water partition coefficient (Wildman–Crippen LogP) is 22.4. The van der Waals surface area contributed by atoms with Crippen molar-refractivity contribution >= 4 is 146 Å². The molecule has 0 radical (unpaired) electrons. The van der Waals surface area contributed by atoms with Crippen molar-refractivity contribution in [3.05, 3.63) is 183 Å². The normalized spacial score (nSPS) is 17.3. The molecule has 0 bridgehead atoms. The smallest absolute Gasteiger partial charge is 0.337 e. The quantitative estimate of drug-likeness (QED) is 0.0495. The lowest BCUT2D eigenvalue weighted by Crippen LogP contribution is -2.23. The number of hydrogen-bond acceptors (Lipinski definition) is 9. The average Bonchev–Trinajstić information content (AvgIpc) is 1.65. The van der Waals surface area contributed by atoms with E-state index in [0.29, 0.717) is 51.4 Å². The van der Waals surface area contributed by atoms with Crippen LogP contribution in [0, 0.1) is 0 Å². The number of carbonyl (C=O) groups excluding carboxylic acids is 3. The van der Waals surface area contributed by atoms with E-state index in [4.69, 9.17) is 64.3 Å². The molecule has 0 amide bonds. The zero-order chi connectivity index (χ0) is 73.0. The van der Waals surface area contributed by atoms with Gasteiger partial charge in [0, 0.05) is 98.9 Å². The Labute approximate surface area is 623 Å². The van der Waals surface area contributed by atoms with Gasteiger partial charge >= 0.3 is 29.8 Å². The van der Waals surface area contributed by atoms with E-state index in [2.05, 4.69) is 59.3 Å². The molecule has 16 rings (SSSR count). The SMILES string of the molecule is COC(=O)c1ccc2c(C3CCCCC3)c(Br)[nH]c2c1.COC(=O)c1ccc2c(C3CCCCC3)c[nH]c2c1.ClC(Cl)(Cl)C1CCCO1.O=C(O)c1ccc2c(C3=CCCCC3)c[nH]c2c1.O=C(O)c1ccc2c(C3CCCCC3)c[nH]c2c1.O=C(O)c1ccc2cc[nH]c2c1.O=C1CCCCC1. The fourth-order valence-electron chi connectivity index (χ4n) is 15.0. The van der Waals surface area contributed by atoms with Gasteiger partial charge in [0.15, 0.2) is 0 Å². The summed E-state index contributed by atoms with van der Waals surface area (Å²) in [6.45, 7) is 0.721. The number of esters is 2. The summed E-state index contributed by atoms with van der Waals surface area (Å²) in [6, 6.07) is 29.1. The first-order chi connectivity index (χ1) is 49.8. The number of fused-ring (bicyclic) bond motifs is 5. The van der Waals surface area contributed by atoms with E-state index in [1.807, 2.05) is 60.8 Å². The number of nitrogens with one attached hydrogen (secondary N) is 5. The summed E-state index contributed by atoms with van der Waals surface area (Å²) in [5.74, 6) is -0.827. The molecule has 5 aromatic heterocycles. The van der Waals surface area contributed by atoms with Gasteiger partial charge in [-0.05, 0) is 218 Å². The molecule has 546 valence electrons. The number of aromatic nitrogens is 5. The van der Waals surface area contributed by atoms with E-state index < -0.39 is 21.7 Å². The highest BCUT2D eigenvalue weighted by molar-refractivity contribution is 9.10. The van der Waals surface area contributed by atoms with Gasteiger partial charge in [-0.25, -0.2) is 24.0 Å². The molecule has 5 aliphatic carbocycles. The Morgan fingerprint density at radius 1 is 0.476 bits per heavy atom. The second kappa shape index (κ2) is 37.5. The number of methoxy groups -OCH3 is 2. The van der Waals surface area contributed by atoms with Gasteiger partial charge in [-0.3, -0.25) is 4.79 Å². The minimum atomic E-state index is -1.23. The first-order valence-corrected chi connectivity index (χ1v) is 38.2. The number of benzene rings is 5. The van der Waals surface area contributed by atoms with Crippen LogP contribution in [0.1, 0.15) is 259 Å². The van der Waals surface area contributed by atoms with Crippen molar-refractivity contribution in [3.63, 3.8) is 0 Å². The van der Waals surface area contributed by atoms with Gasteiger partial charge in [0.1, 0.15) is 11.9 Å². The Morgan fingerprint density at radius 3 is 1.39 bits per heavy atom. The van der Waals surface area contributed by atoms with Crippen LogP contribution >= 0.6 is 50.7 Å². The van der Waals surface area contributed by atoms with Crippen LogP contribution in [0.15, 0.2) is 133 Å². The van der Waals surface area contributed by atoms with Crippen LogP contribution < -0.4 is 0 Å². The van der Waals surface area contributed by atoms with Crippen molar-refractivity contribution in [1.82, 2.24) is 24.9 Å². The first kappa shape index (κ1) is 77.5. The zero-order valence-corrected chi connectivity index (χ0v) is 62.4. The summed E-state index contributed by atoms with van der Waals surface area (Å²) >= 11 is 20.3. The molecule has 4 saturated carbocycles. The van der Waals surface area contributed by atoms with Crippen LogP contribution in [0.5, 0.6) is 0 Å². The summed E-state index contributed by atoms with van der Waals surface area (Å²) in [5.41, 5.74) is 13.7. The third kappa shape index (κ3) is 20.9. The second-order valence-electron chi connectivity index (χ2n) is 27.4. The number of carboxylic acid groups (broad SMARTS) is 3. The van der Waals surface area contributed by atoms with Gasteiger partial charge in [0.2, 0.25) is 3.79 Å². The maximum absolute atomic E-state index is 11.6. The molecule has 21 heteroatoms. The molecule has 5 fully saturated rings. The van der Waals surface area contributed by atoms with Crippen LogP contribution in [-0.4, -0.2) is 107 Å². The molecule has 6 aliphatic rings. The molecule has 8 N–H and O–H groups in total. The number of carboxylic acids is 3. The molecule has 1 atom stereocenters. The zero-order valence-electron chi connectivity index (χ0n) is 58.6. The number of alkyl halides is 3. The summed E-state index contributed by atoms with van der Waals surface area (Å²) < 4.78 is 14.5. The Morgan fingerprint density at radius 2 is 0.922 bits per heavy atom. The number of halogens is 4. The number of allylic oxidation sites excluding steroid dienone is 2. The van der Waals surface area contributed by atoms with Gasteiger partial charge in [-0.1, -0.05) is 135 Å². The summed E-state index contributed by atoms with van der Waals surface area (Å²) in [4.78, 5) is 82.0. The number of hydrogen-bond donors (Lipinski definition) is 8. The monoisotopic (exact) mass is 1520 g/mol. The summed E-state index contributed by atoms with van der Waals surface area (Å²) in [7, 11) is 2.82. The van der Waals surface area contributed by atoms with Gasteiger partial charge < -0.3 is 54.5 Å². The molecule has 0 spiro atoms. The molecule has 17 nitrogen and oxygen atoms in total. The molecule has 10 aromatic rings. The third-order valence-electron chi connectivity index (χ3n) is 20.5. The van der Waals surface area contributed by atoms with Crippen LogP contribution in [0.25, 0.3) is 60.1 Å². The van der Waals surface area contributed by atoms with Crippen LogP contribution in [0.3, 0.4) is 0 Å². The highest BCUT2D eigenvalue weighted by atomic mass is 79.9. The number of H-pyrrole nitrogens is 5. The van der Waals surface area contributed by atoms with Gasteiger partial charge in [-0.15, -0.1) is 0 Å². The predicted molar refractivity (Wildman–Crippen MR) is 414 cm³/mol. The van der Waals surface area contributed by atoms with Crippen molar-refractivity contribution in [2.45, 2.75) is 195 Å². The number of aromatic carboxylic acids is 3. The van der Waals surface area contributed by atoms with E-state index in [1.54, 1.807) is 48.7 Å². The lowest BCUT2D eigenvalue weighted by Gasteiger charge is -2.21. The van der Waals surface area contributed by atoms with E-state index in [-0.39, 0.29) is 18.0 Å². The fourth-order valence-corrected chi connectivity index (χ4v) is 16.2. The largest absolute Gasteiger partial charge is 0.478 e. The summed E-state index contributed by atoms with van der Waals surface area (Å²) in [5, 5.41) is 32.4. The standard InChI is InChI=1S/C16H18BrNO2.C16H19NO2.C15H17NO2.C15H15NO2.C9H7NO2.C6H10O.C5H7Cl3O/c1-20-16(19)11-7-8-12-13(9-11)18-15(17)14(12)10-5-3-2-4-6-10;1-19-16(18)12-7-8-13-14(10-17-15(13)9-12)11-5-3-2-4-6-11;2*17-15(18)11-6-7-12-13(9-16-14(12)8-11)10-4-2-1-3-5-10;11-9(12)7-2-1-6-3-4-10-8(6)5-7;7-6-4-2-1-3-5-6;6-5(7,8)4-2-1-3-9-4/h7-10,18H,2-6H2,1H3;7-11,17H,2-6H2,1H3;6-10,16H,1-5H2,(H,17,18);4,6-9,16H,1-3,5H2,(H,17,18);1-5,10H,(H,11,12);1-5H2;4H,1-3H2. The Hall–Kier alpha value is -8.13. The average molecular weight is 1530 g/mol. The molecule has 1 aliphatic heterocycles. The van der Waals surface area contributed by atoms with Gasteiger partial charge in [0.05, 0.1) is 46.6 Å². The molecule has 1 saturated heterocycles. The third-order valence-corrected chi connectivity index (χ3v) is 21.8.